The molecule has 732 valence electrons. The number of aromatic amines is 2. The zero-order valence-electron chi connectivity index (χ0n) is 77.1. The number of amides is 14. The second-order valence-corrected chi connectivity index (χ2v) is 39.6. The third kappa shape index (κ3) is 28.7. The van der Waals surface area contributed by atoms with Gasteiger partial charge in [0.05, 0.1) is 31.0 Å². The molecule has 137 heavy (non-hydrogen) atoms. The van der Waals surface area contributed by atoms with Crippen molar-refractivity contribution in [1.82, 2.24) is 92.4 Å². The Hall–Kier alpha value is -12.7. The van der Waals surface area contributed by atoms with Gasteiger partial charge in [-0.3, -0.25) is 96.5 Å². The smallest absolute Gasteiger partial charge is 0.305 e. The second kappa shape index (κ2) is 48.9. The number of para-hydroxylation sites is 2. The minimum atomic E-state index is -1.94. The summed E-state index contributed by atoms with van der Waals surface area (Å²) in [6, 6.07) is 4.94. The highest BCUT2D eigenvalue weighted by Crippen LogP contribution is 2.30. The number of thioether (sulfide) groups is 3. The Morgan fingerprint density at radius 1 is 0.496 bits per heavy atom. The van der Waals surface area contributed by atoms with Gasteiger partial charge in [-0.1, -0.05) is 64.1 Å². The lowest BCUT2D eigenvalue weighted by Gasteiger charge is -2.32. The van der Waals surface area contributed by atoms with Crippen molar-refractivity contribution in [3.63, 3.8) is 0 Å². The first kappa shape index (κ1) is 103. The molecule has 2 fully saturated rings. The number of aromatic nitrogens is 5. The van der Waals surface area contributed by atoms with Crippen LogP contribution in [-0.4, -0.2) is 269 Å². The maximum atomic E-state index is 15.7. The van der Waals surface area contributed by atoms with Crippen molar-refractivity contribution in [2.24, 2.45) is 35.1 Å². The van der Waals surface area contributed by atoms with Crippen LogP contribution in [0.4, 0.5) is 0 Å². The topological polar surface area (TPSA) is 574 Å². The lowest BCUT2D eigenvalue weighted by molar-refractivity contribution is -0.143. The highest BCUT2D eigenvalue weighted by molar-refractivity contribution is 7.99. The largest absolute Gasteiger partial charge is 0.481 e. The zero-order chi connectivity index (χ0) is 98.3. The number of carboxylic acids is 1. The van der Waals surface area contributed by atoms with Crippen LogP contribution in [-0.2, 0) is 134 Å². The van der Waals surface area contributed by atoms with Crippen LogP contribution >= 0.6 is 35.3 Å². The third-order valence-electron chi connectivity index (χ3n) is 24.9. The summed E-state index contributed by atoms with van der Waals surface area (Å²) < 4.78 is 0. The number of nitrogens with one attached hydrogen (secondary N) is 11. The molecule has 4 aliphatic heterocycles. The van der Waals surface area contributed by atoms with Crippen LogP contribution in [0, 0.1) is 23.7 Å². The first-order valence-corrected chi connectivity index (χ1v) is 49.5. The molecule has 0 unspecified atom stereocenters. The summed E-state index contributed by atoms with van der Waals surface area (Å²) in [5.41, 5.74) is 17.8. The second-order valence-electron chi connectivity index (χ2n) is 36.2. The van der Waals surface area contributed by atoms with Gasteiger partial charge in [-0.05, 0) is 126 Å². The number of hydrogen-bond donors (Lipinski definition) is 15. The van der Waals surface area contributed by atoms with Crippen LogP contribution in [0.5, 0.6) is 0 Å². The van der Waals surface area contributed by atoms with E-state index < -0.39 is 198 Å². The van der Waals surface area contributed by atoms with E-state index in [0.717, 1.165) is 23.5 Å². The lowest BCUT2D eigenvalue weighted by atomic mass is 9.85. The van der Waals surface area contributed by atoms with Gasteiger partial charge in [-0.25, -0.2) is 0 Å². The van der Waals surface area contributed by atoms with E-state index in [1.54, 1.807) is 127 Å². The van der Waals surface area contributed by atoms with Gasteiger partial charge >= 0.3 is 5.97 Å². The molecule has 13 atom stereocenters. The Morgan fingerprint density at radius 2 is 0.978 bits per heavy atom. The minimum Gasteiger partial charge on any atom is -0.481 e. The molecule has 5 aliphatic rings. The molecule has 42 heteroatoms. The van der Waals surface area contributed by atoms with E-state index in [-0.39, 0.29) is 156 Å². The van der Waals surface area contributed by atoms with Gasteiger partial charge in [0.1, 0.15) is 60.2 Å². The SMILES string of the molecule is CC(C)[C@@H]1NC(=O)[C@H](Cc2c[nH]c3ccccc23)NC(=O)[C@@H]2CSCCC(=O)N3Cc4cncc(c4)CN(Cc4cncc(c4)CN(Cc4cncc(c4)C3)C(=O)CCSC[C@@H](C(N)=O)NC(=O)[C@@H]3CCCN3C(=O)[C@H](C(C)C)NC(=O)[C@H](Cc3c[nH]c4ccccc34)NC(=O)CNC(=O)[C@H](CC(=O)O)NC1=O)C(=O)CCSC[C@H](CC(=O)[C@H](C)N)C(=O)N[C@@H]1C(=O)C[C@@H](CCC[C@H]1O)C(=O)N2. The number of aliphatic hydroxyl groups excluding tert-OH is 1. The highest BCUT2D eigenvalue weighted by atomic mass is 32.2. The first-order chi connectivity index (χ1) is 65.6. The van der Waals surface area contributed by atoms with Gasteiger partial charge in [0.15, 0.2) is 5.78 Å². The number of H-pyrrole nitrogens is 2. The Kier molecular flexibility index (Phi) is 36.8. The molecule has 1 saturated heterocycles. The van der Waals surface area contributed by atoms with E-state index in [1.807, 2.05) is 18.2 Å². The summed E-state index contributed by atoms with van der Waals surface area (Å²) in [7, 11) is 0. The fraction of sp³-hybridized carbons (Fsp3) is 0.495. The number of aliphatic carboxylic acids is 1. The standard InChI is InChI=1S/C95H120N20O19S3/c1-52(2)83-94(133)106-71(33-82(123)124)89(128)103-42-78(119)104-69(29-62-40-101-67-15-8-6-13-65(62)67)90(129)110-84(53(3)4)95(134)115-22-11-17-74(115)93(132)107-72(86(97)125)50-136-24-20-80(121)113-45-57-26-55(34-98-36-57)43-112-44-56-27-59(38-99-35-56)47-114(48-60-28-58(46-113)37-100-39-60)81(122)21-25-137-51-73(92(131)105-70(91(130)109-83)30-63-41-102-68-16-9-7-14-66(63)68)108-87(126)61-12-10-18-75(116)85(77(118)31-61)111-88(127)64(32-76(117)54(5)96)49-135-23-19-79(112)120/h6-9,13-16,26-28,34-41,52-54,61,64,69-75,83-85,101-102,116H,10-12,17-25,29-33,42-51,96H2,1-5H3,(H2,97,125)(H,103,128)(H,104,119)(H,105,131)(H,106,133)(H,107,132)(H,108,126)(H,109,130)(H,110,129)(H,111,127)(H,123,124)/t54-,61+,64-,69-,70-,71-,72-,73-,74-,75+,83-,84-,85-/m0/s1. The molecule has 14 amide bonds. The van der Waals surface area contributed by atoms with Crippen LogP contribution in [0.25, 0.3) is 21.8 Å². The summed E-state index contributed by atoms with van der Waals surface area (Å²) in [6.45, 7) is 6.76. The number of pyridine rings is 3. The number of rotatable bonds is 12. The fourth-order valence-electron chi connectivity index (χ4n) is 17.4. The van der Waals surface area contributed by atoms with Crippen LogP contribution in [0.15, 0.2) is 116 Å². The summed E-state index contributed by atoms with van der Waals surface area (Å²) in [5, 5.41) is 47.3. The number of nitrogens with zero attached hydrogens (tertiary/aromatic N) is 7. The number of aliphatic hydroxyl groups is 1. The molecule has 12 rings (SSSR count). The Balaban J connectivity index is 0.920. The number of primary amides is 1. The summed E-state index contributed by atoms with van der Waals surface area (Å²) in [6.07, 6.45) is 8.85. The maximum absolute atomic E-state index is 15.7. The van der Waals surface area contributed by atoms with Gasteiger partial charge in [0.2, 0.25) is 82.7 Å². The van der Waals surface area contributed by atoms with E-state index in [9.17, 15) is 63.0 Å². The average molecular weight is 1940 g/mol. The number of benzene rings is 2. The molecule has 17 N–H and O–H groups in total. The average Bonchev–Trinajstić information content (AvgIpc) is 1.69. The molecule has 1 aliphatic carbocycles. The Morgan fingerprint density at radius 3 is 1.47 bits per heavy atom. The molecule has 0 spiro atoms. The van der Waals surface area contributed by atoms with Gasteiger partial charge in [0.25, 0.3) is 0 Å². The quantitative estimate of drug-likeness (QED) is 0.0831. The van der Waals surface area contributed by atoms with Crippen LogP contribution in [0.3, 0.4) is 0 Å². The molecule has 9 heterocycles. The van der Waals surface area contributed by atoms with Crippen molar-refractivity contribution in [3.8, 4) is 0 Å². The van der Waals surface area contributed by atoms with E-state index in [0.29, 0.717) is 72.7 Å². The number of Topliss-reactive ketones (excluding diaryl/α,β-unsaturated/α-hetero) is 2. The lowest BCUT2D eigenvalue weighted by Crippen LogP contribution is -2.61. The van der Waals surface area contributed by atoms with Crippen molar-refractivity contribution in [2.45, 2.75) is 224 Å². The van der Waals surface area contributed by atoms with E-state index in [4.69, 9.17) is 11.5 Å². The molecule has 39 nitrogen and oxygen atoms in total. The number of carbonyl (C=O) groups excluding carboxylic acids is 16. The molecular weight excluding hydrogens is 1820 g/mol. The van der Waals surface area contributed by atoms with Crippen molar-refractivity contribution >= 4 is 157 Å². The molecule has 7 aromatic rings. The molecule has 0 radical (unpaired) electrons. The van der Waals surface area contributed by atoms with Crippen LogP contribution in [0.1, 0.15) is 150 Å². The summed E-state index contributed by atoms with van der Waals surface area (Å²) in [4.78, 5) is 275. The van der Waals surface area contributed by atoms with E-state index in [1.165, 1.54) is 37.4 Å². The monoisotopic (exact) mass is 1940 g/mol. The number of nitrogens with two attached hydrogens (primary N) is 2. The number of ketones is 2. The summed E-state index contributed by atoms with van der Waals surface area (Å²) in [5.74, 6) is -18.1. The summed E-state index contributed by atoms with van der Waals surface area (Å²) >= 11 is 3.41. The third-order valence-corrected chi connectivity index (χ3v) is 28.1. The first-order valence-electron chi connectivity index (χ1n) is 46.1. The fourth-order valence-corrected chi connectivity index (χ4v) is 20.3. The van der Waals surface area contributed by atoms with E-state index >= 15 is 28.8 Å². The predicted molar refractivity (Wildman–Crippen MR) is 509 cm³/mol. The Labute approximate surface area is 804 Å². The van der Waals surface area contributed by atoms with Crippen LogP contribution in [0.2, 0.25) is 0 Å². The molecule has 2 aromatic carbocycles. The highest BCUT2D eigenvalue weighted by Gasteiger charge is 2.44. The van der Waals surface area contributed by atoms with Gasteiger partial charge in [0, 0.05) is 203 Å². The molecular formula is C95H120N20O19S3. The van der Waals surface area contributed by atoms with Crippen molar-refractivity contribution < 1.29 is 91.7 Å². The van der Waals surface area contributed by atoms with Gasteiger partial charge in [-0.15, -0.1) is 0 Å². The zero-order valence-corrected chi connectivity index (χ0v) is 79.5. The number of hydrogen-bond acceptors (Lipinski definition) is 25. The van der Waals surface area contributed by atoms with E-state index in [2.05, 4.69) is 72.8 Å². The molecule has 1 saturated carbocycles. The van der Waals surface area contributed by atoms with Crippen molar-refractivity contribution in [1.29, 1.82) is 0 Å². The molecule has 5 aromatic heterocycles. The number of carbonyl (C=O) groups is 17. The molecule has 12 bridgehead atoms. The normalized spacial score (nSPS) is 24.7. The van der Waals surface area contributed by atoms with Crippen molar-refractivity contribution in [2.75, 3.05) is 47.6 Å². The number of carboxylic acid groups (broad SMARTS) is 1. The predicted octanol–water partition coefficient (Wildman–Crippen LogP) is 1.92. The van der Waals surface area contributed by atoms with Gasteiger partial charge < -0.3 is 99.1 Å². The van der Waals surface area contributed by atoms with Crippen molar-refractivity contribution in [3.05, 3.63) is 161 Å². The van der Waals surface area contributed by atoms with Gasteiger partial charge in [-0.2, -0.15) is 35.3 Å². The number of fused-ring (bicyclic) bond motifs is 15. The minimum absolute atomic E-state index is 0.00841. The van der Waals surface area contributed by atoms with Crippen LogP contribution < -0.4 is 59.3 Å². The Bertz CT molecular complexity index is 5620. The maximum Gasteiger partial charge on any atom is 0.305 e.